The lowest BCUT2D eigenvalue weighted by atomic mass is 10.1. The molecule has 0 unspecified atom stereocenters. The van der Waals surface area contributed by atoms with E-state index in [0.29, 0.717) is 17.0 Å². The van der Waals surface area contributed by atoms with Crippen molar-refractivity contribution in [3.8, 4) is 5.75 Å². The van der Waals surface area contributed by atoms with E-state index in [0.717, 1.165) is 11.9 Å². The Hall–Kier alpha value is -2.74. The van der Waals surface area contributed by atoms with Gasteiger partial charge < -0.3 is 15.0 Å². The molecule has 25 heavy (non-hydrogen) atoms. The van der Waals surface area contributed by atoms with Gasteiger partial charge in [-0.1, -0.05) is 6.07 Å². The average molecular weight is 363 g/mol. The van der Waals surface area contributed by atoms with Crippen LogP contribution in [0.1, 0.15) is 10.4 Å². The molecule has 2 aromatic rings. The zero-order valence-electron chi connectivity index (χ0n) is 14.5. The minimum Gasteiger partial charge on any atom is -0.495 e. The molecule has 2 aromatic carbocycles. The molecule has 0 heterocycles. The van der Waals surface area contributed by atoms with Gasteiger partial charge >= 0.3 is 0 Å². The Kier molecular flexibility index (Phi) is 5.53. The van der Waals surface area contributed by atoms with Crippen molar-refractivity contribution in [2.24, 2.45) is 0 Å². The maximum absolute atomic E-state index is 12.4. The molecule has 0 radical (unpaired) electrons. The number of methoxy groups -OCH3 is 1. The van der Waals surface area contributed by atoms with Gasteiger partial charge in [-0.05, 0) is 36.4 Å². The van der Waals surface area contributed by atoms with E-state index in [1.54, 1.807) is 30.3 Å². The van der Waals surface area contributed by atoms with Gasteiger partial charge in [0.1, 0.15) is 5.75 Å². The minimum atomic E-state index is -3.47. The van der Waals surface area contributed by atoms with Crippen LogP contribution in [0.3, 0.4) is 0 Å². The van der Waals surface area contributed by atoms with Crippen LogP contribution >= 0.6 is 0 Å². The van der Waals surface area contributed by atoms with Gasteiger partial charge in [-0.3, -0.25) is 9.52 Å². The third-order valence-corrected chi connectivity index (χ3v) is 3.97. The lowest BCUT2D eigenvalue weighted by Crippen LogP contribution is -2.15. The van der Waals surface area contributed by atoms with Crippen LogP contribution < -0.4 is 19.7 Å². The zero-order valence-corrected chi connectivity index (χ0v) is 15.3. The number of amides is 1. The van der Waals surface area contributed by atoms with E-state index >= 15 is 0 Å². The predicted octanol–water partition coefficient (Wildman–Crippen LogP) is 2.39. The Bertz CT molecular complexity index is 879. The summed E-state index contributed by atoms with van der Waals surface area (Å²) in [5.41, 5.74) is 2.11. The topological polar surface area (TPSA) is 87.7 Å². The molecule has 2 rings (SSSR count). The number of carbonyl (C=O) groups excluding carboxylic acids is 1. The molecule has 0 saturated carbocycles. The van der Waals surface area contributed by atoms with Crippen LogP contribution in [0, 0.1) is 0 Å². The number of rotatable bonds is 6. The molecule has 0 saturated heterocycles. The molecule has 0 atom stereocenters. The van der Waals surface area contributed by atoms with Crippen molar-refractivity contribution in [3.63, 3.8) is 0 Å². The molecule has 1 amide bonds. The first-order valence-electron chi connectivity index (χ1n) is 7.44. The number of nitrogens with one attached hydrogen (secondary N) is 2. The second-order valence-electron chi connectivity index (χ2n) is 5.69. The molecule has 0 spiro atoms. The SMILES string of the molecule is COc1ccc(NC(=O)c2cccc(N(C)C)c2)cc1NS(C)(=O)=O. The Morgan fingerprint density at radius 3 is 2.44 bits per heavy atom. The Labute approximate surface area is 147 Å². The smallest absolute Gasteiger partial charge is 0.255 e. The van der Waals surface area contributed by atoms with Crippen LogP contribution in [0.5, 0.6) is 5.75 Å². The molecule has 0 aliphatic carbocycles. The van der Waals surface area contributed by atoms with Crippen molar-refractivity contribution in [2.75, 3.05) is 42.4 Å². The molecule has 0 fully saturated rings. The van der Waals surface area contributed by atoms with E-state index in [-0.39, 0.29) is 11.6 Å². The highest BCUT2D eigenvalue weighted by Gasteiger charge is 2.12. The number of anilines is 3. The lowest BCUT2D eigenvalue weighted by molar-refractivity contribution is 0.102. The third-order valence-electron chi connectivity index (χ3n) is 3.38. The highest BCUT2D eigenvalue weighted by Crippen LogP contribution is 2.29. The average Bonchev–Trinajstić information content (AvgIpc) is 2.53. The zero-order chi connectivity index (χ0) is 18.6. The van der Waals surface area contributed by atoms with Crippen molar-refractivity contribution in [3.05, 3.63) is 48.0 Å². The Morgan fingerprint density at radius 1 is 1.12 bits per heavy atom. The van der Waals surface area contributed by atoms with E-state index in [4.69, 9.17) is 4.74 Å². The van der Waals surface area contributed by atoms with Crippen LogP contribution in [0.25, 0.3) is 0 Å². The molecule has 0 bridgehead atoms. The van der Waals surface area contributed by atoms with E-state index in [9.17, 15) is 13.2 Å². The first-order chi connectivity index (χ1) is 11.7. The van der Waals surface area contributed by atoms with Crippen LogP contribution in [0.15, 0.2) is 42.5 Å². The summed E-state index contributed by atoms with van der Waals surface area (Å²) in [5.74, 6) is 0.0669. The van der Waals surface area contributed by atoms with Crippen molar-refractivity contribution < 1.29 is 17.9 Å². The maximum Gasteiger partial charge on any atom is 0.255 e. The highest BCUT2D eigenvalue weighted by molar-refractivity contribution is 7.92. The summed E-state index contributed by atoms with van der Waals surface area (Å²) in [6, 6.07) is 11.9. The predicted molar refractivity (Wildman–Crippen MR) is 100 cm³/mol. The maximum atomic E-state index is 12.4. The number of ether oxygens (including phenoxy) is 1. The second kappa shape index (κ2) is 7.43. The summed E-state index contributed by atoms with van der Waals surface area (Å²) < 4.78 is 30.4. The van der Waals surface area contributed by atoms with Gasteiger partial charge in [0.15, 0.2) is 0 Å². The van der Waals surface area contributed by atoms with Gasteiger partial charge in [-0.2, -0.15) is 0 Å². The molecule has 0 aliphatic rings. The standard InChI is InChI=1S/C17H21N3O4S/c1-20(2)14-7-5-6-12(10-14)17(21)18-13-8-9-16(24-3)15(11-13)19-25(4,22)23/h5-11,19H,1-4H3,(H,18,21). The molecule has 0 aliphatic heterocycles. The monoisotopic (exact) mass is 363 g/mol. The van der Waals surface area contributed by atoms with Crippen LogP contribution in [0.2, 0.25) is 0 Å². The fourth-order valence-electron chi connectivity index (χ4n) is 2.19. The van der Waals surface area contributed by atoms with Crippen molar-refractivity contribution in [1.82, 2.24) is 0 Å². The van der Waals surface area contributed by atoms with Gasteiger partial charge in [-0.25, -0.2) is 8.42 Å². The van der Waals surface area contributed by atoms with Gasteiger partial charge in [0.2, 0.25) is 10.0 Å². The summed E-state index contributed by atoms with van der Waals surface area (Å²) in [6.45, 7) is 0. The van der Waals surface area contributed by atoms with Crippen LogP contribution in [-0.4, -0.2) is 41.8 Å². The Balaban J connectivity index is 2.26. The molecule has 134 valence electrons. The number of benzene rings is 2. The lowest BCUT2D eigenvalue weighted by Gasteiger charge is -2.14. The second-order valence-corrected chi connectivity index (χ2v) is 7.44. The number of hydrogen-bond acceptors (Lipinski definition) is 5. The fraction of sp³-hybridized carbons (Fsp3) is 0.235. The first-order valence-corrected chi connectivity index (χ1v) is 9.33. The van der Waals surface area contributed by atoms with Crippen LogP contribution in [-0.2, 0) is 10.0 Å². The summed E-state index contributed by atoms with van der Waals surface area (Å²) in [7, 11) is 1.75. The van der Waals surface area contributed by atoms with Crippen LogP contribution in [0.4, 0.5) is 17.1 Å². The highest BCUT2D eigenvalue weighted by atomic mass is 32.2. The summed E-state index contributed by atoms with van der Waals surface area (Å²) >= 11 is 0. The summed E-state index contributed by atoms with van der Waals surface area (Å²) in [6.07, 6.45) is 1.05. The summed E-state index contributed by atoms with van der Waals surface area (Å²) in [5, 5.41) is 2.75. The van der Waals surface area contributed by atoms with Crippen molar-refractivity contribution in [1.29, 1.82) is 0 Å². The van der Waals surface area contributed by atoms with E-state index < -0.39 is 10.0 Å². The first kappa shape index (κ1) is 18.6. The van der Waals surface area contributed by atoms with E-state index in [1.165, 1.54) is 13.2 Å². The van der Waals surface area contributed by atoms with E-state index in [2.05, 4.69) is 10.0 Å². The van der Waals surface area contributed by atoms with Gasteiger partial charge in [-0.15, -0.1) is 0 Å². The minimum absolute atomic E-state index is 0.254. The number of carbonyl (C=O) groups is 1. The summed E-state index contributed by atoms with van der Waals surface area (Å²) in [4.78, 5) is 14.3. The Morgan fingerprint density at radius 2 is 1.84 bits per heavy atom. The quantitative estimate of drug-likeness (QED) is 0.823. The molecular formula is C17H21N3O4S. The molecule has 8 heteroatoms. The van der Waals surface area contributed by atoms with Gasteiger partial charge in [0, 0.05) is 31.0 Å². The third kappa shape index (κ3) is 5.12. The molecular weight excluding hydrogens is 342 g/mol. The largest absolute Gasteiger partial charge is 0.495 e. The van der Waals surface area contributed by atoms with E-state index in [1.807, 2.05) is 25.1 Å². The number of nitrogens with zero attached hydrogens (tertiary/aromatic N) is 1. The van der Waals surface area contributed by atoms with Crippen molar-refractivity contribution in [2.45, 2.75) is 0 Å². The van der Waals surface area contributed by atoms with Crippen molar-refractivity contribution >= 4 is 33.0 Å². The van der Waals surface area contributed by atoms with Gasteiger partial charge in [0.05, 0.1) is 19.1 Å². The number of hydrogen-bond donors (Lipinski definition) is 2. The fourth-order valence-corrected chi connectivity index (χ4v) is 2.75. The normalized spacial score (nSPS) is 10.9. The molecule has 2 N–H and O–H groups in total. The number of sulfonamides is 1. The molecule has 0 aromatic heterocycles. The molecule has 7 nitrogen and oxygen atoms in total. The van der Waals surface area contributed by atoms with Gasteiger partial charge in [0.25, 0.3) is 5.91 Å².